The van der Waals surface area contributed by atoms with E-state index in [9.17, 15) is 31.1 Å². The van der Waals surface area contributed by atoms with Crippen LogP contribution in [0, 0.1) is 0 Å². The Hall–Kier alpha value is -2.65. The summed E-state index contributed by atoms with van der Waals surface area (Å²) in [7, 11) is 0. The zero-order chi connectivity index (χ0) is 17.0. The molecule has 0 saturated carbocycles. The van der Waals surface area contributed by atoms with Crippen molar-refractivity contribution in [3.05, 3.63) is 46.1 Å². The van der Waals surface area contributed by atoms with Crippen LogP contribution in [0.25, 0.3) is 22.0 Å². The van der Waals surface area contributed by atoms with Gasteiger partial charge in [-0.25, -0.2) is 9.97 Å². The van der Waals surface area contributed by atoms with Gasteiger partial charge in [0, 0.05) is 17.5 Å². The second kappa shape index (κ2) is 4.67. The third-order valence-corrected chi connectivity index (χ3v) is 3.00. The summed E-state index contributed by atoms with van der Waals surface area (Å²) in [6.07, 6.45) is -9.34. The maximum absolute atomic E-state index is 13.0. The molecule has 0 saturated heterocycles. The molecule has 0 aliphatic rings. The molecule has 0 bridgehead atoms. The van der Waals surface area contributed by atoms with Crippen LogP contribution in [0.4, 0.5) is 26.3 Å². The first kappa shape index (κ1) is 15.3. The van der Waals surface area contributed by atoms with Crippen molar-refractivity contribution in [1.82, 2.24) is 9.97 Å². The van der Waals surface area contributed by atoms with Gasteiger partial charge in [-0.3, -0.25) is 4.79 Å². The Morgan fingerprint density at radius 1 is 0.870 bits per heavy atom. The van der Waals surface area contributed by atoms with Crippen molar-refractivity contribution < 1.29 is 30.8 Å². The van der Waals surface area contributed by atoms with Crippen molar-refractivity contribution in [1.29, 1.82) is 0 Å². The van der Waals surface area contributed by atoms with Gasteiger partial charge in [0.05, 0.1) is 11.1 Å². The smallest absolute Gasteiger partial charge is 0.436 e. The highest BCUT2D eigenvalue weighted by molar-refractivity contribution is 5.93. The van der Waals surface area contributed by atoms with Crippen LogP contribution >= 0.6 is 0 Å². The number of nitrogens with zero attached hydrogens (tertiary/aromatic N) is 2. The molecule has 3 rings (SSSR count). The maximum Gasteiger partial charge on any atom is 0.436 e. The number of alkyl halides is 6. The summed E-state index contributed by atoms with van der Waals surface area (Å²) in [6.45, 7) is 0. The fraction of sp³-hybridized carbons (Fsp3) is 0.154. The van der Waals surface area contributed by atoms with Gasteiger partial charge in [0.1, 0.15) is 11.8 Å². The van der Waals surface area contributed by atoms with Crippen LogP contribution in [-0.2, 0) is 12.4 Å². The Labute approximate surface area is 122 Å². The number of halogens is 6. The minimum atomic E-state index is -4.87. The number of hydrogen-bond donors (Lipinski definition) is 0. The molecular formula is C13H4F6N2O2. The second-order valence-electron chi connectivity index (χ2n) is 4.57. The van der Waals surface area contributed by atoms with Gasteiger partial charge < -0.3 is 4.42 Å². The molecule has 0 aliphatic carbocycles. The lowest BCUT2D eigenvalue weighted by atomic mass is 10.1. The summed E-state index contributed by atoms with van der Waals surface area (Å²) in [5.74, 6) is 0. The normalized spacial score (nSPS) is 13.0. The van der Waals surface area contributed by atoms with Crippen LogP contribution in [0.1, 0.15) is 11.3 Å². The van der Waals surface area contributed by atoms with E-state index in [0.717, 1.165) is 12.1 Å². The third kappa shape index (κ3) is 2.71. The second-order valence-corrected chi connectivity index (χ2v) is 4.57. The van der Waals surface area contributed by atoms with E-state index in [1.54, 1.807) is 0 Å². The summed E-state index contributed by atoms with van der Waals surface area (Å²) in [5, 5.41) is -0.536. The van der Waals surface area contributed by atoms with Crippen molar-refractivity contribution in [2.75, 3.05) is 0 Å². The molecule has 10 heteroatoms. The number of fused-ring (bicyclic) bond motifs is 2. The molecule has 0 radical (unpaired) electrons. The van der Waals surface area contributed by atoms with E-state index in [-0.39, 0.29) is 17.2 Å². The van der Waals surface area contributed by atoms with E-state index in [4.69, 9.17) is 4.42 Å². The molecule has 0 aliphatic heterocycles. The lowest BCUT2D eigenvalue weighted by molar-refractivity contribution is -0.142. The summed E-state index contributed by atoms with van der Waals surface area (Å²) in [4.78, 5) is 17.9. The highest BCUT2D eigenvalue weighted by Crippen LogP contribution is 2.35. The molecule has 23 heavy (non-hydrogen) atoms. The monoisotopic (exact) mass is 334 g/mol. The number of hydrogen-bond acceptors (Lipinski definition) is 4. The largest absolute Gasteiger partial charge is 0.460 e. The SMILES string of the molecule is O=c1cc(C(F)(F)F)c2cc3nc(C(F)(F)F)coc3cc2n1. The van der Waals surface area contributed by atoms with E-state index in [2.05, 4.69) is 9.97 Å². The van der Waals surface area contributed by atoms with E-state index in [0.29, 0.717) is 6.26 Å². The van der Waals surface area contributed by atoms with Crippen molar-refractivity contribution in [2.45, 2.75) is 12.4 Å². The quantitative estimate of drug-likeness (QED) is 0.464. The molecule has 2 aromatic heterocycles. The van der Waals surface area contributed by atoms with E-state index in [1.165, 1.54) is 0 Å². The number of pyridine rings is 1. The van der Waals surface area contributed by atoms with Gasteiger partial charge in [-0.1, -0.05) is 0 Å². The molecule has 2 heterocycles. The lowest BCUT2D eigenvalue weighted by Crippen LogP contribution is -2.14. The van der Waals surface area contributed by atoms with Crippen molar-refractivity contribution in [3.63, 3.8) is 0 Å². The molecule has 0 spiro atoms. The van der Waals surface area contributed by atoms with Gasteiger partial charge >= 0.3 is 12.4 Å². The third-order valence-electron chi connectivity index (χ3n) is 3.00. The first-order valence-corrected chi connectivity index (χ1v) is 5.94. The molecule has 0 fully saturated rings. The minimum absolute atomic E-state index is 0.225. The predicted molar refractivity (Wildman–Crippen MR) is 65.6 cm³/mol. The van der Waals surface area contributed by atoms with Crippen LogP contribution in [0.3, 0.4) is 0 Å². The van der Waals surface area contributed by atoms with Crippen LogP contribution in [0.15, 0.2) is 33.7 Å². The number of benzene rings is 1. The molecule has 0 atom stereocenters. The Kier molecular flexibility index (Phi) is 3.10. The topological polar surface area (TPSA) is 56.0 Å². The van der Waals surface area contributed by atoms with Gasteiger partial charge in [-0.2, -0.15) is 26.3 Å². The van der Waals surface area contributed by atoms with Crippen LogP contribution in [0.5, 0.6) is 0 Å². The fourth-order valence-electron chi connectivity index (χ4n) is 2.04. The first-order chi connectivity index (χ1) is 10.6. The zero-order valence-electron chi connectivity index (χ0n) is 10.8. The van der Waals surface area contributed by atoms with Gasteiger partial charge in [0.2, 0.25) is 0 Å². The summed E-state index contributed by atoms with van der Waals surface area (Å²) >= 11 is 0. The highest BCUT2D eigenvalue weighted by Gasteiger charge is 2.35. The fourth-order valence-corrected chi connectivity index (χ4v) is 2.04. The maximum atomic E-state index is 13.0. The van der Waals surface area contributed by atoms with Gasteiger partial charge in [-0.05, 0) is 6.07 Å². The molecule has 1 aromatic carbocycles. The Morgan fingerprint density at radius 3 is 2.17 bits per heavy atom. The molecule has 3 aromatic rings. The van der Waals surface area contributed by atoms with E-state index in [1.807, 2.05) is 0 Å². The van der Waals surface area contributed by atoms with Crippen molar-refractivity contribution >= 4 is 22.0 Å². The Bertz CT molecular complexity index is 974. The van der Waals surface area contributed by atoms with Gasteiger partial charge in [0.25, 0.3) is 5.56 Å². The first-order valence-electron chi connectivity index (χ1n) is 5.94. The van der Waals surface area contributed by atoms with Crippen LogP contribution in [0.2, 0.25) is 0 Å². The van der Waals surface area contributed by atoms with E-state index < -0.39 is 40.1 Å². The zero-order valence-corrected chi connectivity index (χ0v) is 10.8. The molecular weight excluding hydrogens is 330 g/mol. The van der Waals surface area contributed by atoms with Crippen molar-refractivity contribution in [2.24, 2.45) is 0 Å². The van der Waals surface area contributed by atoms with Crippen molar-refractivity contribution in [3.8, 4) is 0 Å². The van der Waals surface area contributed by atoms with Gasteiger partial charge in [0.15, 0.2) is 11.3 Å². The predicted octanol–water partition coefficient (Wildman–Crippen LogP) is 3.77. The molecule has 0 unspecified atom stereocenters. The summed E-state index contributed by atoms with van der Waals surface area (Å²) in [5.41, 5.74) is -4.80. The standard InChI is InChI=1S/C13H4F6N2O2/c14-12(15,16)6-2-11(22)21-7-3-9-8(1-5(6)7)20-10(4-23-9)13(17,18)19/h1-4H. The molecule has 0 amide bonds. The molecule has 120 valence electrons. The number of rotatable bonds is 0. The number of aromatic nitrogens is 2. The molecule has 0 N–H and O–H groups in total. The Balaban J connectivity index is 2.39. The molecule has 4 nitrogen and oxygen atoms in total. The summed E-state index contributed by atoms with van der Waals surface area (Å²) < 4.78 is 81.4. The highest BCUT2D eigenvalue weighted by atomic mass is 19.4. The van der Waals surface area contributed by atoms with E-state index >= 15 is 0 Å². The Morgan fingerprint density at radius 2 is 1.57 bits per heavy atom. The average molecular weight is 334 g/mol. The summed E-state index contributed by atoms with van der Waals surface area (Å²) in [6, 6.07) is 1.98. The minimum Gasteiger partial charge on any atom is -0.460 e. The average Bonchev–Trinajstić information content (AvgIpc) is 2.41. The van der Waals surface area contributed by atoms with Crippen LogP contribution in [-0.4, -0.2) is 9.97 Å². The lowest BCUT2D eigenvalue weighted by Gasteiger charge is -2.10. The van der Waals surface area contributed by atoms with Crippen LogP contribution < -0.4 is 5.56 Å². The van der Waals surface area contributed by atoms with Gasteiger partial charge in [-0.15, -0.1) is 0 Å².